The summed E-state index contributed by atoms with van der Waals surface area (Å²) in [6.07, 6.45) is 0. The zero-order valence-corrected chi connectivity index (χ0v) is 28.9. The number of benzene rings is 8. The summed E-state index contributed by atoms with van der Waals surface area (Å²) in [6.45, 7) is 0. The molecule has 0 aliphatic carbocycles. The maximum Gasteiger partial charge on any atom is 0.0597 e. The molecule has 2 heteroatoms. The lowest BCUT2D eigenvalue weighted by atomic mass is 9.74. The molecule has 2 atom stereocenters. The van der Waals surface area contributed by atoms with E-state index < -0.39 is 10.3 Å². The van der Waals surface area contributed by atoms with Gasteiger partial charge in [0.25, 0.3) is 0 Å². The van der Waals surface area contributed by atoms with Crippen molar-refractivity contribution in [2.75, 3.05) is 0 Å². The van der Waals surface area contributed by atoms with Crippen LogP contribution in [0.3, 0.4) is 0 Å². The van der Waals surface area contributed by atoms with E-state index in [0.717, 1.165) is 0 Å². The molecule has 0 aliphatic heterocycles. The highest BCUT2D eigenvalue weighted by atomic mass is 31.0. The number of rotatable bonds is 7. The highest BCUT2D eigenvalue weighted by Gasteiger charge is 2.39. The Morgan fingerprint density at radius 1 is 0.271 bits per heavy atom. The average molecular weight is 651 g/mol. The van der Waals surface area contributed by atoms with Crippen LogP contribution in [-0.2, 0) is 10.3 Å². The molecular formula is C46H36P2. The molecule has 2 unspecified atom stereocenters. The van der Waals surface area contributed by atoms with Crippen LogP contribution in [0.1, 0.15) is 33.4 Å². The molecule has 8 rings (SSSR count). The van der Waals surface area contributed by atoms with Crippen LogP contribution in [0.15, 0.2) is 194 Å². The molecule has 0 bridgehead atoms. The topological polar surface area (TPSA) is 0 Å². The average Bonchev–Trinajstić information content (AvgIpc) is 3.18. The third-order valence-corrected chi connectivity index (χ3v) is 11.8. The Labute approximate surface area is 287 Å². The van der Waals surface area contributed by atoms with E-state index in [1.54, 1.807) is 0 Å². The van der Waals surface area contributed by atoms with Gasteiger partial charge < -0.3 is 0 Å². The van der Waals surface area contributed by atoms with Gasteiger partial charge in [-0.1, -0.05) is 194 Å². The summed E-state index contributed by atoms with van der Waals surface area (Å²) in [4.78, 5) is 0. The second-order valence-corrected chi connectivity index (χ2v) is 14.2. The smallest absolute Gasteiger partial charge is 0.0597 e. The van der Waals surface area contributed by atoms with Crippen molar-refractivity contribution < 1.29 is 0 Å². The first-order chi connectivity index (χ1) is 23.6. The van der Waals surface area contributed by atoms with Crippen LogP contribution in [0.25, 0.3) is 32.7 Å². The molecule has 0 nitrogen and oxygen atoms in total. The zero-order chi connectivity index (χ0) is 32.6. The molecule has 8 aromatic rings. The second-order valence-electron chi connectivity index (χ2n) is 12.5. The van der Waals surface area contributed by atoms with Crippen molar-refractivity contribution in [3.05, 3.63) is 228 Å². The fraction of sp³-hybridized carbons (Fsp3) is 0.0435. The Balaban J connectivity index is 1.58. The third-order valence-electron chi connectivity index (χ3n) is 9.87. The summed E-state index contributed by atoms with van der Waals surface area (Å²) >= 11 is 0. The first-order valence-corrected chi connectivity index (χ1v) is 17.6. The van der Waals surface area contributed by atoms with Crippen LogP contribution in [0.2, 0.25) is 0 Å². The normalized spacial score (nSPS) is 12.0. The molecule has 0 aliphatic rings. The number of fused-ring (bicyclic) bond motifs is 2. The van der Waals surface area contributed by atoms with Gasteiger partial charge in [0.1, 0.15) is 0 Å². The van der Waals surface area contributed by atoms with Crippen LogP contribution in [0, 0.1) is 0 Å². The highest BCUT2D eigenvalue weighted by Crippen LogP contribution is 2.55. The van der Waals surface area contributed by atoms with Gasteiger partial charge in [-0.15, -0.1) is 18.5 Å². The van der Waals surface area contributed by atoms with Crippen LogP contribution in [0.5, 0.6) is 0 Å². The van der Waals surface area contributed by atoms with Gasteiger partial charge in [0.05, 0.1) is 10.3 Å². The monoisotopic (exact) mass is 650 g/mol. The molecule has 48 heavy (non-hydrogen) atoms. The minimum absolute atomic E-state index is 0.529. The quantitative estimate of drug-likeness (QED) is 0.119. The van der Waals surface area contributed by atoms with E-state index in [1.165, 1.54) is 66.1 Å². The molecule has 0 saturated heterocycles. The van der Waals surface area contributed by atoms with E-state index in [4.69, 9.17) is 0 Å². The van der Waals surface area contributed by atoms with Crippen LogP contribution in [0.4, 0.5) is 0 Å². The molecule has 0 spiro atoms. The van der Waals surface area contributed by atoms with Gasteiger partial charge in [-0.05, 0) is 66.1 Å². The maximum absolute atomic E-state index is 3.32. The first kappa shape index (κ1) is 30.5. The van der Waals surface area contributed by atoms with Crippen molar-refractivity contribution in [1.82, 2.24) is 0 Å². The van der Waals surface area contributed by atoms with Crippen LogP contribution >= 0.6 is 18.5 Å². The van der Waals surface area contributed by atoms with Crippen molar-refractivity contribution in [2.45, 2.75) is 10.3 Å². The summed E-state index contributed by atoms with van der Waals surface area (Å²) in [6, 6.07) is 70.8. The summed E-state index contributed by atoms with van der Waals surface area (Å²) < 4.78 is 0. The minimum Gasteiger partial charge on any atom is -0.117 e. The molecule has 0 saturated carbocycles. The SMILES string of the molecule is PC(c1ccccc1)(c1ccccc1)c1ccc2ccccc2c1-c1c(C(P)(c2ccccc2)c2ccccc2)ccc2ccccc12. The molecule has 0 fully saturated rings. The van der Waals surface area contributed by atoms with Gasteiger partial charge in [-0.25, -0.2) is 0 Å². The molecule has 0 amide bonds. The maximum atomic E-state index is 3.32. The van der Waals surface area contributed by atoms with Crippen molar-refractivity contribution in [1.29, 1.82) is 0 Å². The van der Waals surface area contributed by atoms with E-state index in [-0.39, 0.29) is 0 Å². The van der Waals surface area contributed by atoms with Crippen molar-refractivity contribution in [3.63, 3.8) is 0 Å². The second kappa shape index (κ2) is 12.6. The Hall–Kier alpha value is -4.86. The van der Waals surface area contributed by atoms with Gasteiger partial charge in [0.15, 0.2) is 0 Å². The van der Waals surface area contributed by atoms with Crippen LogP contribution in [-0.4, -0.2) is 0 Å². The zero-order valence-electron chi connectivity index (χ0n) is 26.6. The standard InChI is InChI=1S/C46H36P2/c47-45(35-19-5-1-6-20-35,36-21-7-2-8-22-36)41-31-29-33-17-13-15-27-39(33)43(41)44-40-28-16-14-18-34(40)30-32-42(44)46(48,37-23-9-3-10-24-37)38-25-11-4-12-26-38/h1-32H,47-48H2. The minimum atomic E-state index is -0.529. The summed E-state index contributed by atoms with van der Waals surface area (Å²) in [7, 11) is 6.64. The molecule has 8 aromatic carbocycles. The highest BCUT2D eigenvalue weighted by molar-refractivity contribution is 7.19. The van der Waals surface area contributed by atoms with Gasteiger partial charge >= 0.3 is 0 Å². The molecule has 0 radical (unpaired) electrons. The Morgan fingerprint density at radius 3 is 0.854 bits per heavy atom. The molecule has 0 heterocycles. The van der Waals surface area contributed by atoms with Crippen LogP contribution < -0.4 is 0 Å². The summed E-state index contributed by atoms with van der Waals surface area (Å²) in [5.74, 6) is 0. The van der Waals surface area contributed by atoms with E-state index in [1.807, 2.05) is 0 Å². The first-order valence-electron chi connectivity index (χ1n) is 16.4. The summed E-state index contributed by atoms with van der Waals surface area (Å²) in [5.41, 5.74) is 9.89. The number of hydrogen-bond donors (Lipinski definition) is 0. The lowest BCUT2D eigenvalue weighted by Crippen LogP contribution is -2.25. The fourth-order valence-electron chi connectivity index (χ4n) is 7.50. The summed E-state index contributed by atoms with van der Waals surface area (Å²) in [5, 5.41) is 3.85. The van der Waals surface area contributed by atoms with E-state index in [2.05, 4.69) is 213 Å². The lowest BCUT2D eigenvalue weighted by Gasteiger charge is -2.37. The fourth-order valence-corrected chi connectivity index (χ4v) is 8.75. The Kier molecular flexibility index (Phi) is 8.02. The van der Waals surface area contributed by atoms with Gasteiger partial charge in [-0.3, -0.25) is 0 Å². The van der Waals surface area contributed by atoms with E-state index >= 15 is 0 Å². The van der Waals surface area contributed by atoms with Gasteiger partial charge in [0.2, 0.25) is 0 Å². The molecule has 0 aromatic heterocycles. The molecule has 230 valence electrons. The van der Waals surface area contributed by atoms with Crippen molar-refractivity contribution in [2.24, 2.45) is 0 Å². The predicted octanol–water partition coefficient (Wildman–Crippen LogP) is 12.0. The van der Waals surface area contributed by atoms with E-state index in [9.17, 15) is 0 Å². The van der Waals surface area contributed by atoms with E-state index in [0.29, 0.717) is 0 Å². The Morgan fingerprint density at radius 2 is 0.542 bits per heavy atom. The van der Waals surface area contributed by atoms with Gasteiger partial charge in [-0.2, -0.15) is 0 Å². The Bertz CT molecular complexity index is 2100. The van der Waals surface area contributed by atoms with Crippen molar-refractivity contribution in [3.8, 4) is 11.1 Å². The largest absolute Gasteiger partial charge is 0.117 e. The van der Waals surface area contributed by atoms with Gasteiger partial charge in [0, 0.05) is 0 Å². The third kappa shape index (κ3) is 5.00. The molecular weight excluding hydrogens is 614 g/mol. The van der Waals surface area contributed by atoms with Crippen molar-refractivity contribution >= 4 is 40.0 Å². The molecule has 0 N–H and O–H groups in total. The predicted molar refractivity (Wildman–Crippen MR) is 212 cm³/mol. The number of hydrogen-bond acceptors (Lipinski definition) is 0. The lowest BCUT2D eigenvalue weighted by molar-refractivity contribution is 0.889.